The predicted octanol–water partition coefficient (Wildman–Crippen LogP) is -1.29. The highest BCUT2D eigenvalue weighted by atomic mass is 19.1. The fourth-order valence-corrected chi connectivity index (χ4v) is 4.58. The third-order valence-corrected chi connectivity index (χ3v) is 6.26. The molecule has 5 rings (SSSR count). The van der Waals surface area contributed by atoms with Crippen LogP contribution in [0.25, 0.3) is 0 Å². The van der Waals surface area contributed by atoms with Gasteiger partial charge in [-0.15, -0.1) is 15.7 Å². The van der Waals surface area contributed by atoms with Crippen LogP contribution in [-0.4, -0.2) is 83.5 Å². The molecule has 0 aromatic carbocycles. The minimum atomic E-state index is -2.72. The molecule has 12 nitrogen and oxygen atoms in total. The second-order valence-corrected chi connectivity index (χ2v) is 8.39. The van der Waals surface area contributed by atoms with Crippen molar-refractivity contribution in [3.05, 3.63) is 23.7 Å². The number of halogens is 1. The number of piperazine rings is 1. The van der Waals surface area contributed by atoms with Crippen molar-refractivity contribution in [2.24, 2.45) is 5.92 Å². The lowest BCUT2D eigenvalue weighted by atomic mass is 9.92. The summed E-state index contributed by atoms with van der Waals surface area (Å²) >= 11 is 0. The molecule has 3 fully saturated rings. The minimum absolute atomic E-state index is 0.0296. The number of nitrogens with one attached hydrogen (secondary N) is 6. The average molecular weight is 450 g/mol. The molecule has 172 valence electrons. The summed E-state index contributed by atoms with van der Waals surface area (Å²) in [5.41, 5.74) is 7.23. The van der Waals surface area contributed by atoms with Gasteiger partial charge in [-0.2, -0.15) is 0 Å². The summed E-state index contributed by atoms with van der Waals surface area (Å²) < 4.78 is 35.4. The van der Waals surface area contributed by atoms with Gasteiger partial charge < -0.3 is 21.4 Å². The third-order valence-electron chi connectivity index (χ3n) is 6.26. The molecule has 5 atom stereocenters. The smallest absolute Gasteiger partial charge is 0.273 e. The molecule has 6 N–H and O–H groups in total. The lowest BCUT2D eigenvalue weighted by Gasteiger charge is -2.51. The highest BCUT2D eigenvalue weighted by molar-refractivity contribution is 5.99. The maximum absolute atomic E-state index is 13.3. The van der Waals surface area contributed by atoms with Gasteiger partial charge in [-0.1, -0.05) is 0 Å². The van der Waals surface area contributed by atoms with E-state index in [1.165, 1.54) is 6.07 Å². The van der Waals surface area contributed by atoms with Crippen LogP contribution in [0, 0.1) is 5.92 Å². The van der Waals surface area contributed by atoms with Crippen molar-refractivity contribution in [2.45, 2.75) is 37.3 Å². The molecule has 1 aliphatic carbocycles. The summed E-state index contributed by atoms with van der Waals surface area (Å²) in [6.45, 7) is -1.37. The van der Waals surface area contributed by atoms with Crippen molar-refractivity contribution < 1.29 is 18.1 Å². The zero-order valence-corrected chi connectivity index (χ0v) is 17.4. The van der Waals surface area contributed by atoms with Gasteiger partial charge in [0.2, 0.25) is 5.91 Å². The van der Waals surface area contributed by atoms with Gasteiger partial charge >= 0.3 is 0 Å². The molecule has 3 unspecified atom stereocenters. The molecule has 0 bridgehead atoms. The Morgan fingerprint density at radius 3 is 3.00 bits per heavy atom. The first-order valence-electron chi connectivity index (χ1n) is 12.0. The number of rotatable bonds is 5. The molecule has 3 aliphatic heterocycles. The molecule has 32 heavy (non-hydrogen) atoms. The molecular weight excluding hydrogens is 419 g/mol. The Balaban J connectivity index is 1.41. The highest BCUT2D eigenvalue weighted by Gasteiger charge is 2.46. The second kappa shape index (κ2) is 8.15. The van der Waals surface area contributed by atoms with Crippen LogP contribution in [0.1, 0.15) is 27.4 Å². The fourth-order valence-electron chi connectivity index (χ4n) is 4.58. The fraction of sp³-hybridized carbons (Fsp3) is 0.579. The molecule has 0 spiro atoms. The Morgan fingerprint density at radius 2 is 2.22 bits per heavy atom. The van der Waals surface area contributed by atoms with E-state index in [0.29, 0.717) is 13.1 Å². The zero-order valence-electron chi connectivity index (χ0n) is 20.4. The van der Waals surface area contributed by atoms with E-state index >= 15 is 0 Å². The Hall–Kier alpha value is -3.03. The Labute approximate surface area is 188 Å². The van der Waals surface area contributed by atoms with Crippen molar-refractivity contribution in [2.75, 3.05) is 37.7 Å². The van der Waals surface area contributed by atoms with Crippen LogP contribution in [0.2, 0.25) is 0 Å². The molecule has 1 aromatic rings. The zero-order chi connectivity index (χ0) is 24.9. The number of amides is 2. The topological polar surface area (TPSA) is 139 Å². The number of carbonyl (C=O) groups is 2. The summed E-state index contributed by atoms with van der Waals surface area (Å²) in [6, 6.07) is 1.46. The van der Waals surface area contributed by atoms with Crippen LogP contribution < -0.4 is 32.2 Å². The molecule has 2 saturated heterocycles. The molecule has 1 aromatic heterocycles. The molecule has 1 saturated carbocycles. The van der Waals surface area contributed by atoms with Gasteiger partial charge in [-0.25, -0.2) is 4.39 Å². The van der Waals surface area contributed by atoms with E-state index in [2.05, 4.69) is 47.0 Å². The number of carbonyl (C=O) groups excluding carboxylic acids is 2. The molecule has 4 aliphatic rings. The summed E-state index contributed by atoms with van der Waals surface area (Å²) in [5.74, 6) is -2.16. The number of hydrazine groups is 2. The van der Waals surface area contributed by atoms with Crippen LogP contribution in [0.4, 0.5) is 15.9 Å². The first-order valence-corrected chi connectivity index (χ1v) is 10.5. The monoisotopic (exact) mass is 449 g/mol. The number of piperidine rings is 1. The molecular formula is C19H27FN10O2. The van der Waals surface area contributed by atoms with Gasteiger partial charge in [-0.3, -0.25) is 24.8 Å². The van der Waals surface area contributed by atoms with Gasteiger partial charge in [0.05, 0.1) is 35.6 Å². The maximum atomic E-state index is 13.3. The van der Waals surface area contributed by atoms with E-state index in [1.54, 1.807) is 0 Å². The standard InChI is InChI=1S/C19H27FN10O2/c1-21-19(32)15-12(6-14(26-27-15)25-18(31)10-5-11(10)20)24-17-16-13(3-4-22-17)30-9(7-23-28-30)8-29(16)2/h6-7,10-11,13,16-17,22-23,28H,3-5,8H2,1-2H3,(H,21,32)(H2,24,25,26,31)/t10-,11-,13?,16?,17?/m0/s1/i1D3. The van der Waals surface area contributed by atoms with E-state index in [9.17, 15) is 14.0 Å². The normalized spacial score (nSPS) is 32.8. The van der Waals surface area contributed by atoms with Crippen molar-refractivity contribution in [1.82, 2.24) is 41.7 Å². The predicted molar refractivity (Wildman–Crippen MR) is 113 cm³/mol. The van der Waals surface area contributed by atoms with Gasteiger partial charge in [0, 0.05) is 29.9 Å². The number of hydrogen-bond donors (Lipinski definition) is 6. The van der Waals surface area contributed by atoms with Crippen LogP contribution in [-0.2, 0) is 4.79 Å². The highest BCUT2D eigenvalue weighted by Crippen LogP contribution is 2.35. The number of nitrogens with zero attached hydrogens (tertiary/aromatic N) is 4. The van der Waals surface area contributed by atoms with E-state index in [0.717, 1.165) is 12.1 Å². The minimum Gasteiger partial charge on any atom is -0.366 e. The number of fused-ring (bicyclic) bond motifs is 3. The third kappa shape index (κ3) is 3.72. The lowest BCUT2D eigenvalue weighted by molar-refractivity contribution is -0.117. The first-order chi connectivity index (χ1) is 16.6. The summed E-state index contributed by atoms with van der Waals surface area (Å²) in [4.78, 5) is 27.1. The maximum Gasteiger partial charge on any atom is 0.273 e. The second-order valence-electron chi connectivity index (χ2n) is 8.39. The summed E-state index contributed by atoms with van der Waals surface area (Å²) in [7, 11) is 2.00. The van der Waals surface area contributed by atoms with Crippen LogP contribution in [0.3, 0.4) is 0 Å². The number of anilines is 2. The lowest BCUT2D eigenvalue weighted by Crippen LogP contribution is -2.70. The molecule has 13 heteroatoms. The molecule has 2 amide bonds. The Bertz CT molecular complexity index is 1060. The van der Waals surface area contributed by atoms with Crippen molar-refractivity contribution >= 4 is 23.3 Å². The summed E-state index contributed by atoms with van der Waals surface area (Å²) in [6.07, 6.45) is 1.39. The quantitative estimate of drug-likeness (QED) is 0.322. The van der Waals surface area contributed by atoms with Crippen LogP contribution >= 0.6 is 0 Å². The van der Waals surface area contributed by atoms with E-state index in [-0.39, 0.29) is 41.9 Å². The number of hydrogen-bond acceptors (Lipinski definition) is 10. The number of alkyl halides is 1. The van der Waals surface area contributed by atoms with Crippen LogP contribution in [0.15, 0.2) is 18.0 Å². The van der Waals surface area contributed by atoms with E-state index in [1.807, 2.05) is 18.6 Å². The Morgan fingerprint density at radius 1 is 1.38 bits per heavy atom. The number of likely N-dealkylation sites (N-methyl/N-ethyl adjacent to an activating group) is 1. The Kier molecular flexibility index (Phi) is 4.46. The van der Waals surface area contributed by atoms with Crippen molar-refractivity contribution in [3.63, 3.8) is 0 Å². The number of aromatic nitrogens is 2. The van der Waals surface area contributed by atoms with Crippen molar-refractivity contribution in [1.29, 1.82) is 0 Å². The van der Waals surface area contributed by atoms with Gasteiger partial charge in [0.25, 0.3) is 5.91 Å². The van der Waals surface area contributed by atoms with Crippen LogP contribution in [0.5, 0.6) is 0 Å². The average Bonchev–Trinajstić information content (AvgIpc) is 3.32. The molecule has 0 radical (unpaired) electrons. The van der Waals surface area contributed by atoms with Crippen molar-refractivity contribution in [3.8, 4) is 0 Å². The van der Waals surface area contributed by atoms with E-state index < -0.39 is 30.9 Å². The van der Waals surface area contributed by atoms with E-state index in [4.69, 9.17) is 4.11 Å². The summed E-state index contributed by atoms with van der Waals surface area (Å²) in [5, 5.41) is 20.9. The SMILES string of the molecule is [2H]C([2H])([2H])NC(=O)c1nnc(NC(=O)[C@H]2C[C@@H]2F)cc1NC1NCCC2C1N(C)CC1=CNNN12. The van der Waals surface area contributed by atoms with Gasteiger partial charge in [0.15, 0.2) is 11.5 Å². The van der Waals surface area contributed by atoms with Gasteiger partial charge in [0.1, 0.15) is 6.17 Å². The first kappa shape index (κ1) is 17.5. The molecule has 4 heterocycles. The largest absolute Gasteiger partial charge is 0.366 e. The van der Waals surface area contributed by atoms with Gasteiger partial charge in [-0.05, 0) is 26.4 Å².